The van der Waals surface area contributed by atoms with Crippen LogP contribution in [0.1, 0.15) is 10.6 Å². The van der Waals surface area contributed by atoms with Gasteiger partial charge in [-0.1, -0.05) is 45.1 Å². The molecular formula is C10H8BrFN2S2. The third-order valence-electron chi connectivity index (χ3n) is 1.87. The van der Waals surface area contributed by atoms with Crippen molar-refractivity contribution < 1.29 is 4.39 Å². The molecule has 6 heteroatoms. The normalized spacial score (nSPS) is 10.7. The van der Waals surface area contributed by atoms with Crippen molar-refractivity contribution in [2.45, 2.75) is 17.0 Å². The van der Waals surface area contributed by atoms with Crippen LogP contribution in [-0.2, 0) is 5.75 Å². The van der Waals surface area contributed by atoms with E-state index < -0.39 is 0 Å². The van der Waals surface area contributed by atoms with Crippen LogP contribution in [0.15, 0.2) is 27.0 Å². The predicted molar refractivity (Wildman–Crippen MR) is 68.3 cm³/mol. The van der Waals surface area contributed by atoms with Gasteiger partial charge in [0.05, 0.1) is 0 Å². The topological polar surface area (TPSA) is 25.8 Å². The Hall–Kier alpha value is -0.460. The first kappa shape index (κ1) is 12.0. The molecule has 0 spiro atoms. The molecule has 0 amide bonds. The molecule has 0 fully saturated rings. The van der Waals surface area contributed by atoms with Crippen LogP contribution in [0.25, 0.3) is 0 Å². The summed E-state index contributed by atoms with van der Waals surface area (Å²) >= 11 is 6.26. The van der Waals surface area contributed by atoms with Gasteiger partial charge in [0.2, 0.25) is 0 Å². The highest BCUT2D eigenvalue weighted by atomic mass is 79.9. The van der Waals surface area contributed by atoms with Crippen LogP contribution < -0.4 is 0 Å². The van der Waals surface area contributed by atoms with E-state index >= 15 is 0 Å². The Kier molecular flexibility index (Phi) is 3.94. The summed E-state index contributed by atoms with van der Waals surface area (Å²) in [4.78, 5) is 0. The number of thioether (sulfide) groups is 1. The lowest BCUT2D eigenvalue weighted by atomic mass is 10.2. The molecular weight excluding hydrogens is 311 g/mol. The number of aryl methyl sites for hydroxylation is 1. The van der Waals surface area contributed by atoms with Crippen molar-refractivity contribution in [1.82, 2.24) is 10.2 Å². The van der Waals surface area contributed by atoms with E-state index in [2.05, 4.69) is 26.1 Å². The summed E-state index contributed by atoms with van der Waals surface area (Å²) in [6.07, 6.45) is 0. The lowest BCUT2D eigenvalue weighted by molar-refractivity contribution is 0.616. The number of hydrogen-bond acceptors (Lipinski definition) is 4. The molecule has 0 aliphatic carbocycles. The molecule has 0 N–H and O–H groups in total. The lowest BCUT2D eigenvalue weighted by Gasteiger charge is -2.01. The maximum atomic E-state index is 13.5. The second-order valence-corrected chi connectivity index (χ2v) is 6.43. The van der Waals surface area contributed by atoms with Crippen LogP contribution in [0.3, 0.4) is 0 Å². The number of hydrogen-bond donors (Lipinski definition) is 0. The summed E-state index contributed by atoms with van der Waals surface area (Å²) in [5, 5.41) is 8.82. The zero-order valence-corrected chi connectivity index (χ0v) is 11.6. The molecule has 0 saturated carbocycles. The molecule has 1 aromatic heterocycles. The quantitative estimate of drug-likeness (QED) is 0.799. The molecule has 0 aliphatic rings. The third kappa shape index (κ3) is 3.02. The van der Waals surface area contributed by atoms with E-state index in [0.29, 0.717) is 11.3 Å². The monoisotopic (exact) mass is 318 g/mol. The molecule has 2 aromatic rings. The van der Waals surface area contributed by atoms with Crippen molar-refractivity contribution in [1.29, 1.82) is 0 Å². The Morgan fingerprint density at radius 2 is 2.25 bits per heavy atom. The standard InChI is InChI=1S/C10H8BrFN2S2/c1-6-13-14-10(16-6)15-5-7-2-3-8(11)4-9(7)12/h2-4H,5H2,1H3. The molecule has 16 heavy (non-hydrogen) atoms. The largest absolute Gasteiger partial charge is 0.207 e. The molecule has 0 atom stereocenters. The van der Waals surface area contributed by atoms with Gasteiger partial charge >= 0.3 is 0 Å². The number of benzene rings is 1. The highest BCUT2D eigenvalue weighted by Crippen LogP contribution is 2.27. The van der Waals surface area contributed by atoms with Crippen LogP contribution in [0.4, 0.5) is 4.39 Å². The van der Waals surface area contributed by atoms with Gasteiger partial charge in [0.25, 0.3) is 0 Å². The fourth-order valence-corrected chi connectivity index (χ4v) is 3.25. The van der Waals surface area contributed by atoms with Gasteiger partial charge in [-0.15, -0.1) is 10.2 Å². The molecule has 0 radical (unpaired) electrons. The zero-order valence-electron chi connectivity index (χ0n) is 8.41. The third-order valence-corrected chi connectivity index (χ3v) is 4.39. The van der Waals surface area contributed by atoms with E-state index in [-0.39, 0.29) is 5.82 Å². The van der Waals surface area contributed by atoms with Gasteiger partial charge in [0, 0.05) is 10.2 Å². The van der Waals surface area contributed by atoms with Crippen molar-refractivity contribution in [2.24, 2.45) is 0 Å². The van der Waals surface area contributed by atoms with Crippen LogP contribution in [-0.4, -0.2) is 10.2 Å². The minimum Gasteiger partial charge on any atom is -0.207 e. The fourth-order valence-electron chi connectivity index (χ4n) is 1.11. The molecule has 0 bridgehead atoms. The van der Waals surface area contributed by atoms with E-state index in [1.807, 2.05) is 13.0 Å². The van der Waals surface area contributed by atoms with Crippen molar-refractivity contribution in [3.05, 3.63) is 39.1 Å². The summed E-state index contributed by atoms with van der Waals surface area (Å²) in [5.74, 6) is 0.386. The SMILES string of the molecule is Cc1nnc(SCc2ccc(Br)cc2F)s1. The Balaban J connectivity index is 2.04. The molecule has 1 heterocycles. The second-order valence-electron chi connectivity index (χ2n) is 3.11. The first-order valence-electron chi connectivity index (χ1n) is 4.52. The lowest BCUT2D eigenvalue weighted by Crippen LogP contribution is -1.87. The van der Waals surface area contributed by atoms with Gasteiger partial charge < -0.3 is 0 Å². The molecule has 2 rings (SSSR count). The van der Waals surface area contributed by atoms with Crippen molar-refractivity contribution in [3.8, 4) is 0 Å². The van der Waals surface area contributed by atoms with Crippen molar-refractivity contribution in [2.75, 3.05) is 0 Å². The minimum absolute atomic E-state index is 0.192. The fraction of sp³-hybridized carbons (Fsp3) is 0.200. The van der Waals surface area contributed by atoms with E-state index in [0.717, 1.165) is 13.8 Å². The van der Waals surface area contributed by atoms with Gasteiger partial charge in [-0.2, -0.15) is 0 Å². The van der Waals surface area contributed by atoms with Crippen molar-refractivity contribution >= 4 is 39.0 Å². The van der Waals surface area contributed by atoms with E-state index in [1.165, 1.54) is 29.2 Å². The molecule has 1 aromatic carbocycles. The second kappa shape index (κ2) is 5.25. The van der Waals surface area contributed by atoms with Crippen LogP contribution in [0.2, 0.25) is 0 Å². The number of rotatable bonds is 3. The molecule has 0 unspecified atom stereocenters. The maximum absolute atomic E-state index is 13.5. The summed E-state index contributed by atoms with van der Waals surface area (Å²) in [6.45, 7) is 1.90. The summed E-state index contributed by atoms with van der Waals surface area (Å²) in [7, 11) is 0. The Labute approximate surface area is 109 Å². The highest BCUT2D eigenvalue weighted by Gasteiger charge is 2.06. The zero-order chi connectivity index (χ0) is 11.5. The summed E-state index contributed by atoms with van der Waals surface area (Å²) < 4.78 is 15.1. The first-order valence-corrected chi connectivity index (χ1v) is 7.11. The Bertz CT molecular complexity index is 501. The number of halogens is 2. The van der Waals surface area contributed by atoms with E-state index in [1.54, 1.807) is 6.07 Å². The summed E-state index contributed by atoms with van der Waals surface area (Å²) in [6, 6.07) is 5.09. The molecule has 0 saturated heterocycles. The van der Waals surface area contributed by atoms with Gasteiger partial charge in [-0.3, -0.25) is 0 Å². The molecule has 84 valence electrons. The minimum atomic E-state index is -0.192. The van der Waals surface area contributed by atoms with Gasteiger partial charge in [-0.05, 0) is 24.6 Å². The average molecular weight is 319 g/mol. The van der Waals surface area contributed by atoms with Crippen LogP contribution in [0, 0.1) is 12.7 Å². The number of aromatic nitrogens is 2. The Morgan fingerprint density at radius 1 is 1.44 bits per heavy atom. The first-order chi connectivity index (χ1) is 7.65. The van der Waals surface area contributed by atoms with Gasteiger partial charge in [-0.25, -0.2) is 4.39 Å². The maximum Gasteiger partial charge on any atom is 0.174 e. The highest BCUT2D eigenvalue weighted by molar-refractivity contribution is 9.10. The smallest absolute Gasteiger partial charge is 0.174 e. The van der Waals surface area contributed by atoms with E-state index in [9.17, 15) is 4.39 Å². The van der Waals surface area contributed by atoms with Crippen LogP contribution >= 0.6 is 39.0 Å². The van der Waals surface area contributed by atoms with Crippen LogP contribution in [0.5, 0.6) is 0 Å². The van der Waals surface area contributed by atoms with Gasteiger partial charge in [0.1, 0.15) is 10.8 Å². The van der Waals surface area contributed by atoms with Gasteiger partial charge in [0.15, 0.2) is 4.34 Å². The molecule has 0 aliphatic heterocycles. The predicted octanol–water partition coefficient (Wildman–Crippen LogP) is 4.04. The number of nitrogens with zero attached hydrogens (tertiary/aromatic N) is 2. The Morgan fingerprint density at radius 3 is 2.88 bits per heavy atom. The molecule has 2 nitrogen and oxygen atoms in total. The van der Waals surface area contributed by atoms with Crippen molar-refractivity contribution in [3.63, 3.8) is 0 Å². The van der Waals surface area contributed by atoms with E-state index in [4.69, 9.17) is 0 Å². The summed E-state index contributed by atoms with van der Waals surface area (Å²) in [5.41, 5.74) is 0.682. The average Bonchev–Trinajstić information content (AvgIpc) is 2.63.